The first-order valence-electron chi connectivity index (χ1n) is 5.53. The average molecular weight is 267 g/mol. The highest BCUT2D eigenvalue weighted by Crippen LogP contribution is 2.20. The zero-order chi connectivity index (χ0) is 13.1. The second-order valence-corrected chi connectivity index (χ2v) is 4.28. The van der Waals surface area contributed by atoms with Crippen LogP contribution in [0.15, 0.2) is 18.3 Å². The van der Waals surface area contributed by atoms with Crippen LogP contribution >= 0.6 is 11.6 Å². The first kappa shape index (κ1) is 12.7. The summed E-state index contributed by atoms with van der Waals surface area (Å²) in [5, 5.41) is 8.16. The van der Waals surface area contributed by atoms with Crippen LogP contribution in [-0.4, -0.2) is 21.9 Å². The van der Waals surface area contributed by atoms with Crippen molar-refractivity contribution in [3.05, 3.63) is 34.7 Å². The van der Waals surface area contributed by atoms with E-state index in [1.165, 1.54) is 0 Å². The van der Waals surface area contributed by atoms with Crippen LogP contribution < -0.4 is 10.1 Å². The van der Waals surface area contributed by atoms with Gasteiger partial charge in [0.1, 0.15) is 5.15 Å². The van der Waals surface area contributed by atoms with E-state index >= 15 is 0 Å². The standard InChI is InChI=1S/C12H15ClN4O/c1-8-10(12(13)17(2)16-8)7-14-9-4-5-11(18-3)15-6-9/h4-6,14H,7H2,1-3H3. The molecule has 0 bridgehead atoms. The number of pyridine rings is 1. The minimum absolute atomic E-state index is 0.594. The number of anilines is 1. The highest BCUT2D eigenvalue weighted by Gasteiger charge is 2.10. The number of nitrogens with one attached hydrogen (secondary N) is 1. The number of hydrogen-bond acceptors (Lipinski definition) is 4. The van der Waals surface area contributed by atoms with Crippen molar-refractivity contribution in [1.29, 1.82) is 0 Å². The Morgan fingerprint density at radius 1 is 1.44 bits per heavy atom. The average Bonchev–Trinajstić information content (AvgIpc) is 2.62. The topological polar surface area (TPSA) is 52.0 Å². The summed E-state index contributed by atoms with van der Waals surface area (Å²) < 4.78 is 6.67. The van der Waals surface area contributed by atoms with E-state index in [4.69, 9.17) is 16.3 Å². The van der Waals surface area contributed by atoms with E-state index in [-0.39, 0.29) is 0 Å². The molecular weight excluding hydrogens is 252 g/mol. The van der Waals surface area contributed by atoms with Crippen LogP contribution in [0, 0.1) is 6.92 Å². The zero-order valence-corrected chi connectivity index (χ0v) is 11.3. The van der Waals surface area contributed by atoms with Gasteiger partial charge in [-0.15, -0.1) is 0 Å². The van der Waals surface area contributed by atoms with Gasteiger partial charge in [0.2, 0.25) is 5.88 Å². The van der Waals surface area contributed by atoms with Crippen LogP contribution in [0.4, 0.5) is 5.69 Å². The van der Waals surface area contributed by atoms with Crippen molar-refractivity contribution >= 4 is 17.3 Å². The Morgan fingerprint density at radius 2 is 2.22 bits per heavy atom. The van der Waals surface area contributed by atoms with E-state index in [2.05, 4.69) is 15.4 Å². The molecule has 5 nitrogen and oxygen atoms in total. The Labute approximate surface area is 111 Å². The fourth-order valence-corrected chi connectivity index (χ4v) is 1.91. The lowest BCUT2D eigenvalue weighted by atomic mass is 10.2. The second-order valence-electron chi connectivity index (χ2n) is 3.92. The van der Waals surface area contributed by atoms with Gasteiger partial charge >= 0.3 is 0 Å². The molecule has 0 atom stereocenters. The molecule has 2 rings (SSSR count). The Bertz CT molecular complexity index is 536. The third-order valence-electron chi connectivity index (χ3n) is 2.68. The van der Waals surface area contributed by atoms with E-state index < -0.39 is 0 Å². The van der Waals surface area contributed by atoms with Crippen molar-refractivity contribution in [3.63, 3.8) is 0 Å². The molecule has 6 heteroatoms. The summed E-state index contributed by atoms with van der Waals surface area (Å²) in [4.78, 5) is 4.12. The SMILES string of the molecule is COc1ccc(NCc2c(C)nn(C)c2Cl)cn1. The smallest absolute Gasteiger partial charge is 0.213 e. The summed E-state index contributed by atoms with van der Waals surface area (Å²) in [6.45, 7) is 2.56. The van der Waals surface area contributed by atoms with Crippen molar-refractivity contribution < 1.29 is 4.74 Å². The van der Waals surface area contributed by atoms with Gasteiger partial charge in [-0.2, -0.15) is 5.10 Å². The molecule has 0 spiro atoms. The molecule has 0 aliphatic heterocycles. The molecule has 2 aromatic rings. The molecule has 96 valence electrons. The zero-order valence-electron chi connectivity index (χ0n) is 10.6. The molecule has 0 aliphatic carbocycles. The predicted octanol–water partition coefficient (Wildman–Crippen LogP) is 2.40. The van der Waals surface area contributed by atoms with E-state index in [1.807, 2.05) is 20.0 Å². The van der Waals surface area contributed by atoms with Crippen LogP contribution in [-0.2, 0) is 13.6 Å². The fourth-order valence-electron chi connectivity index (χ4n) is 1.67. The lowest BCUT2D eigenvalue weighted by Gasteiger charge is -2.06. The maximum Gasteiger partial charge on any atom is 0.213 e. The minimum atomic E-state index is 0.594. The molecule has 0 saturated heterocycles. The molecule has 0 unspecified atom stereocenters. The highest BCUT2D eigenvalue weighted by molar-refractivity contribution is 6.30. The van der Waals surface area contributed by atoms with Gasteiger partial charge in [-0.3, -0.25) is 4.68 Å². The molecule has 18 heavy (non-hydrogen) atoms. The molecule has 0 aromatic carbocycles. The van der Waals surface area contributed by atoms with Gasteiger partial charge in [-0.1, -0.05) is 11.6 Å². The number of halogens is 1. The van der Waals surface area contributed by atoms with Crippen molar-refractivity contribution in [2.45, 2.75) is 13.5 Å². The summed E-state index contributed by atoms with van der Waals surface area (Å²) in [5.74, 6) is 0.594. The Kier molecular flexibility index (Phi) is 3.72. The molecule has 2 heterocycles. The van der Waals surface area contributed by atoms with E-state index in [9.17, 15) is 0 Å². The maximum absolute atomic E-state index is 6.15. The lowest BCUT2D eigenvalue weighted by Crippen LogP contribution is -2.01. The van der Waals surface area contributed by atoms with E-state index in [1.54, 1.807) is 24.1 Å². The quantitative estimate of drug-likeness (QED) is 0.923. The monoisotopic (exact) mass is 266 g/mol. The molecule has 0 saturated carbocycles. The molecular formula is C12H15ClN4O. The number of aromatic nitrogens is 3. The van der Waals surface area contributed by atoms with E-state index in [0.29, 0.717) is 17.6 Å². The van der Waals surface area contributed by atoms with Crippen molar-refractivity contribution in [3.8, 4) is 5.88 Å². The van der Waals surface area contributed by atoms with Crippen molar-refractivity contribution in [2.24, 2.45) is 7.05 Å². The molecule has 0 radical (unpaired) electrons. The second kappa shape index (κ2) is 5.27. The number of rotatable bonds is 4. The number of hydrogen-bond donors (Lipinski definition) is 1. The summed E-state index contributed by atoms with van der Waals surface area (Å²) in [7, 11) is 3.42. The van der Waals surface area contributed by atoms with Gasteiger partial charge in [0, 0.05) is 25.2 Å². The first-order chi connectivity index (χ1) is 8.61. The van der Waals surface area contributed by atoms with Gasteiger partial charge < -0.3 is 10.1 Å². The van der Waals surface area contributed by atoms with Crippen LogP contribution in [0.5, 0.6) is 5.88 Å². The molecule has 0 aliphatic rings. The normalized spacial score (nSPS) is 10.4. The Morgan fingerprint density at radius 3 is 2.72 bits per heavy atom. The van der Waals surface area contributed by atoms with E-state index in [0.717, 1.165) is 16.9 Å². The molecule has 0 fully saturated rings. The first-order valence-corrected chi connectivity index (χ1v) is 5.91. The number of nitrogens with zero attached hydrogens (tertiary/aromatic N) is 3. The minimum Gasteiger partial charge on any atom is -0.481 e. The molecule has 0 amide bonds. The van der Waals surface area contributed by atoms with Crippen LogP contribution in [0.3, 0.4) is 0 Å². The number of methoxy groups -OCH3 is 1. The Hall–Kier alpha value is -1.75. The lowest BCUT2D eigenvalue weighted by molar-refractivity contribution is 0.398. The molecule has 2 aromatic heterocycles. The highest BCUT2D eigenvalue weighted by atomic mass is 35.5. The van der Waals surface area contributed by atoms with Gasteiger partial charge in [0.05, 0.1) is 24.7 Å². The summed E-state index contributed by atoms with van der Waals surface area (Å²) in [5.41, 5.74) is 2.83. The Balaban J connectivity index is 2.06. The fraction of sp³-hybridized carbons (Fsp3) is 0.333. The molecule has 1 N–H and O–H groups in total. The third-order valence-corrected chi connectivity index (χ3v) is 3.16. The van der Waals surface area contributed by atoms with Crippen LogP contribution in [0.1, 0.15) is 11.3 Å². The van der Waals surface area contributed by atoms with Gasteiger partial charge in [-0.05, 0) is 13.0 Å². The van der Waals surface area contributed by atoms with Gasteiger partial charge in [0.25, 0.3) is 0 Å². The van der Waals surface area contributed by atoms with Crippen molar-refractivity contribution in [2.75, 3.05) is 12.4 Å². The van der Waals surface area contributed by atoms with Crippen LogP contribution in [0.25, 0.3) is 0 Å². The van der Waals surface area contributed by atoms with Gasteiger partial charge in [-0.25, -0.2) is 4.98 Å². The van der Waals surface area contributed by atoms with Crippen molar-refractivity contribution in [1.82, 2.24) is 14.8 Å². The third kappa shape index (κ3) is 2.56. The van der Waals surface area contributed by atoms with Gasteiger partial charge in [0.15, 0.2) is 0 Å². The summed E-state index contributed by atoms with van der Waals surface area (Å²) in [6, 6.07) is 3.71. The summed E-state index contributed by atoms with van der Waals surface area (Å²) in [6.07, 6.45) is 1.72. The number of ether oxygens (including phenoxy) is 1. The maximum atomic E-state index is 6.15. The predicted molar refractivity (Wildman–Crippen MR) is 71.1 cm³/mol. The van der Waals surface area contributed by atoms with Crippen LogP contribution in [0.2, 0.25) is 5.15 Å². The summed E-state index contributed by atoms with van der Waals surface area (Å²) >= 11 is 6.15. The number of aryl methyl sites for hydroxylation is 2. The largest absolute Gasteiger partial charge is 0.481 e.